The number of carbonyl (C=O) groups is 1. The number of amides is 1. The first-order valence-corrected chi connectivity index (χ1v) is 10.9. The largest absolute Gasteiger partial charge is 0.368 e. The lowest BCUT2D eigenvalue weighted by molar-refractivity contribution is 0.0958. The van der Waals surface area contributed by atoms with E-state index in [0.717, 1.165) is 37.6 Å². The van der Waals surface area contributed by atoms with Crippen LogP contribution in [0.1, 0.15) is 21.7 Å². The molecule has 9 heteroatoms. The number of aromatic nitrogens is 3. The van der Waals surface area contributed by atoms with Gasteiger partial charge in [-0.1, -0.05) is 6.07 Å². The number of aryl methyl sites for hydroxylation is 1. The fraction of sp³-hybridized carbons (Fsp3) is 0.292. The first-order valence-electron chi connectivity index (χ1n) is 10.9. The van der Waals surface area contributed by atoms with Crippen LogP contribution in [0, 0.1) is 12.7 Å². The maximum atomic E-state index is 15.3. The molecule has 2 N–H and O–H groups in total. The van der Waals surface area contributed by atoms with Gasteiger partial charge in [0, 0.05) is 51.5 Å². The molecular weight excluding hydrogens is 423 g/mol. The van der Waals surface area contributed by atoms with Crippen molar-refractivity contribution in [2.45, 2.75) is 13.5 Å². The van der Waals surface area contributed by atoms with Crippen LogP contribution >= 0.6 is 0 Å². The smallest absolute Gasteiger partial charge is 0.272 e. The van der Waals surface area contributed by atoms with Gasteiger partial charge in [0.2, 0.25) is 0 Å². The van der Waals surface area contributed by atoms with E-state index in [1.165, 1.54) is 0 Å². The third-order valence-electron chi connectivity index (χ3n) is 6.30. The van der Waals surface area contributed by atoms with Gasteiger partial charge < -0.3 is 19.6 Å². The van der Waals surface area contributed by atoms with Gasteiger partial charge in [0.25, 0.3) is 11.5 Å². The molecule has 0 atom stereocenters. The molecule has 1 aliphatic heterocycles. The summed E-state index contributed by atoms with van der Waals surface area (Å²) in [4.78, 5) is 35.7. The average Bonchev–Trinajstić information content (AvgIpc) is 3.32. The van der Waals surface area contributed by atoms with Crippen molar-refractivity contribution in [1.82, 2.24) is 24.6 Å². The molecule has 1 aromatic carbocycles. The third kappa shape index (κ3) is 3.74. The maximum absolute atomic E-state index is 15.3. The molecule has 0 aliphatic carbocycles. The summed E-state index contributed by atoms with van der Waals surface area (Å²) in [6, 6.07) is 10.8. The summed E-state index contributed by atoms with van der Waals surface area (Å²) in [6.45, 7) is 5.45. The van der Waals surface area contributed by atoms with Gasteiger partial charge in [0.1, 0.15) is 16.7 Å². The molecular formula is C24H25FN6O2. The zero-order chi connectivity index (χ0) is 23.1. The van der Waals surface area contributed by atoms with E-state index in [0.29, 0.717) is 28.8 Å². The van der Waals surface area contributed by atoms with Crippen LogP contribution in [0.25, 0.3) is 16.6 Å². The number of hydrogen-bond acceptors (Lipinski definition) is 5. The lowest BCUT2D eigenvalue weighted by Gasteiger charge is -2.36. The van der Waals surface area contributed by atoms with Crippen molar-refractivity contribution in [1.29, 1.82) is 0 Å². The van der Waals surface area contributed by atoms with Crippen LogP contribution in [-0.2, 0) is 6.54 Å². The monoisotopic (exact) mass is 448 g/mol. The summed E-state index contributed by atoms with van der Waals surface area (Å²) in [5.41, 5.74) is 3.85. The molecule has 3 aromatic heterocycles. The van der Waals surface area contributed by atoms with Crippen molar-refractivity contribution < 1.29 is 9.18 Å². The minimum absolute atomic E-state index is 0.203. The Morgan fingerprint density at radius 2 is 1.91 bits per heavy atom. The van der Waals surface area contributed by atoms with Gasteiger partial charge in [0.15, 0.2) is 5.82 Å². The summed E-state index contributed by atoms with van der Waals surface area (Å²) in [5, 5.41) is 2.59. The minimum atomic E-state index is -0.382. The van der Waals surface area contributed by atoms with Crippen molar-refractivity contribution in [3.63, 3.8) is 0 Å². The number of benzene rings is 1. The van der Waals surface area contributed by atoms with Crippen molar-refractivity contribution >= 4 is 28.1 Å². The SMILES string of the molecule is CNC(=O)c1ccc(N2CCN(Cc3ccc4c([nH]c(=O)c5cccn54)c3F)CC2)c(C)n1. The Bertz CT molecular complexity index is 1420. The van der Waals surface area contributed by atoms with Crippen LogP contribution in [-0.4, -0.2) is 58.4 Å². The first-order chi connectivity index (χ1) is 16.0. The highest BCUT2D eigenvalue weighted by Gasteiger charge is 2.21. The number of fused-ring (bicyclic) bond motifs is 3. The fourth-order valence-corrected chi connectivity index (χ4v) is 4.53. The maximum Gasteiger partial charge on any atom is 0.272 e. The number of pyridine rings is 1. The molecule has 0 saturated carbocycles. The van der Waals surface area contributed by atoms with E-state index in [9.17, 15) is 9.59 Å². The zero-order valence-electron chi connectivity index (χ0n) is 18.6. The lowest BCUT2D eigenvalue weighted by atomic mass is 10.1. The lowest BCUT2D eigenvalue weighted by Crippen LogP contribution is -2.46. The van der Waals surface area contributed by atoms with E-state index in [2.05, 4.69) is 25.1 Å². The summed E-state index contributed by atoms with van der Waals surface area (Å²) in [5.74, 6) is -0.585. The highest BCUT2D eigenvalue weighted by atomic mass is 19.1. The normalized spacial score (nSPS) is 14.8. The third-order valence-corrected chi connectivity index (χ3v) is 6.30. The van der Waals surface area contributed by atoms with E-state index in [-0.39, 0.29) is 22.8 Å². The van der Waals surface area contributed by atoms with Crippen LogP contribution in [0.5, 0.6) is 0 Å². The van der Waals surface area contributed by atoms with Gasteiger partial charge in [-0.05, 0) is 37.3 Å². The van der Waals surface area contributed by atoms with Crippen molar-refractivity contribution in [2.24, 2.45) is 0 Å². The molecule has 33 heavy (non-hydrogen) atoms. The van der Waals surface area contributed by atoms with Crippen molar-refractivity contribution in [2.75, 3.05) is 38.1 Å². The second-order valence-corrected chi connectivity index (χ2v) is 8.29. The number of nitrogens with zero attached hydrogens (tertiary/aromatic N) is 4. The molecule has 1 aliphatic rings. The quantitative estimate of drug-likeness (QED) is 0.501. The summed E-state index contributed by atoms with van der Waals surface area (Å²) < 4.78 is 17.0. The van der Waals surface area contributed by atoms with Crippen molar-refractivity contribution in [3.8, 4) is 0 Å². The Morgan fingerprint density at radius 3 is 2.64 bits per heavy atom. The van der Waals surface area contributed by atoms with Gasteiger partial charge in [-0.25, -0.2) is 9.37 Å². The van der Waals surface area contributed by atoms with E-state index in [1.807, 2.05) is 19.1 Å². The highest BCUT2D eigenvalue weighted by Crippen LogP contribution is 2.24. The number of H-pyrrole nitrogens is 1. The van der Waals surface area contributed by atoms with Crippen LogP contribution in [0.3, 0.4) is 0 Å². The predicted molar refractivity (Wildman–Crippen MR) is 125 cm³/mol. The number of halogens is 1. The number of piperazine rings is 1. The molecule has 4 heterocycles. The number of nitrogens with one attached hydrogen (secondary N) is 2. The summed E-state index contributed by atoms with van der Waals surface area (Å²) in [7, 11) is 1.59. The van der Waals surface area contributed by atoms with Gasteiger partial charge in [-0.3, -0.25) is 14.5 Å². The summed E-state index contributed by atoms with van der Waals surface area (Å²) in [6.07, 6.45) is 1.77. The zero-order valence-corrected chi connectivity index (χ0v) is 18.6. The van der Waals surface area contributed by atoms with E-state index in [1.54, 1.807) is 41.9 Å². The van der Waals surface area contributed by atoms with Gasteiger partial charge >= 0.3 is 0 Å². The standard InChI is InChI=1S/C24H25FN6O2/c1-15-18(8-6-17(27-15)23(32)26-2)30-12-10-29(11-13-30)14-16-5-7-19-22(21(16)25)28-24(33)20-4-3-9-31(19)20/h3-9H,10-14H2,1-2H3,(H,26,32)(H,28,33). The number of anilines is 1. The number of carbonyl (C=O) groups excluding carboxylic acids is 1. The Labute approximate surface area is 189 Å². The molecule has 170 valence electrons. The summed E-state index contributed by atoms with van der Waals surface area (Å²) >= 11 is 0. The minimum Gasteiger partial charge on any atom is -0.368 e. The Morgan fingerprint density at radius 1 is 1.12 bits per heavy atom. The molecule has 1 amide bonds. The second-order valence-electron chi connectivity index (χ2n) is 8.29. The molecule has 1 saturated heterocycles. The molecule has 1 fully saturated rings. The van der Waals surface area contributed by atoms with E-state index >= 15 is 4.39 Å². The molecule has 8 nitrogen and oxygen atoms in total. The van der Waals surface area contributed by atoms with Crippen LogP contribution in [0.4, 0.5) is 10.1 Å². The number of rotatable bonds is 4. The Hall–Kier alpha value is -3.72. The van der Waals surface area contributed by atoms with Gasteiger partial charge in [0.05, 0.1) is 16.9 Å². The average molecular weight is 449 g/mol. The Kier molecular flexibility index (Phi) is 5.33. The molecule has 0 bridgehead atoms. The molecule has 0 unspecified atom stereocenters. The van der Waals surface area contributed by atoms with Crippen LogP contribution < -0.4 is 15.8 Å². The highest BCUT2D eigenvalue weighted by molar-refractivity contribution is 5.92. The van der Waals surface area contributed by atoms with Gasteiger partial charge in [-0.2, -0.15) is 0 Å². The first kappa shape index (κ1) is 21.1. The van der Waals surface area contributed by atoms with Gasteiger partial charge in [-0.15, -0.1) is 0 Å². The molecule has 4 aromatic rings. The van der Waals surface area contributed by atoms with E-state index < -0.39 is 0 Å². The van der Waals surface area contributed by atoms with E-state index in [4.69, 9.17) is 0 Å². The van der Waals surface area contributed by atoms with Crippen molar-refractivity contribution in [3.05, 3.63) is 75.7 Å². The molecule has 5 rings (SSSR count). The molecule has 0 spiro atoms. The number of aromatic amines is 1. The molecule has 0 radical (unpaired) electrons. The van der Waals surface area contributed by atoms with Crippen LogP contribution in [0.2, 0.25) is 0 Å². The second kappa shape index (κ2) is 8.32. The van der Waals surface area contributed by atoms with Crippen LogP contribution in [0.15, 0.2) is 47.4 Å². The topological polar surface area (TPSA) is 85.7 Å². The predicted octanol–water partition coefficient (Wildman–Crippen LogP) is 2.31. The fourth-order valence-electron chi connectivity index (χ4n) is 4.53. The number of hydrogen-bond donors (Lipinski definition) is 2. The Balaban J connectivity index is 1.31.